The summed E-state index contributed by atoms with van der Waals surface area (Å²) < 4.78 is 34.6. The third-order valence-electron chi connectivity index (χ3n) is 5.11. The second-order valence-corrected chi connectivity index (χ2v) is 12.3. The highest BCUT2D eigenvalue weighted by Crippen LogP contribution is 2.40. The van der Waals surface area contributed by atoms with E-state index in [0.29, 0.717) is 39.7 Å². The van der Waals surface area contributed by atoms with Crippen molar-refractivity contribution in [2.24, 2.45) is 0 Å². The summed E-state index contributed by atoms with van der Waals surface area (Å²) in [5, 5.41) is 0.871. The minimum absolute atomic E-state index is 0.0941. The van der Waals surface area contributed by atoms with Gasteiger partial charge in [-0.05, 0) is 35.4 Å². The predicted octanol–water partition coefficient (Wildman–Crippen LogP) is 6.52. The average Bonchev–Trinajstić information content (AvgIpc) is 3.17. The third-order valence-corrected chi connectivity index (χ3v) is 7.48. The topological polar surface area (TPSA) is 65.5 Å². The summed E-state index contributed by atoms with van der Waals surface area (Å²) in [6.07, 6.45) is 1.19. The lowest BCUT2D eigenvalue weighted by atomic mass is 9.78. The molecule has 3 rings (SSSR count). The molecule has 0 bridgehead atoms. The molecule has 0 spiro atoms. The fourth-order valence-corrected chi connectivity index (χ4v) is 5.46. The van der Waals surface area contributed by atoms with Crippen LogP contribution in [0.2, 0.25) is 10.0 Å². The summed E-state index contributed by atoms with van der Waals surface area (Å²) in [6, 6.07) is 11.5. The molecule has 0 aliphatic carbocycles. The van der Waals surface area contributed by atoms with Crippen molar-refractivity contribution >= 4 is 56.0 Å². The molecule has 0 saturated carbocycles. The van der Waals surface area contributed by atoms with Crippen molar-refractivity contribution in [2.45, 2.75) is 31.6 Å². The smallest absolute Gasteiger partial charge is 0.156 e. The van der Waals surface area contributed by atoms with E-state index in [-0.39, 0.29) is 17.8 Å². The number of aromatic nitrogens is 1. The Labute approximate surface area is 213 Å². The maximum atomic E-state index is 11.6. The van der Waals surface area contributed by atoms with Crippen LogP contribution in [0.1, 0.15) is 35.5 Å². The van der Waals surface area contributed by atoms with Crippen LogP contribution in [0, 0.1) is 0 Å². The van der Waals surface area contributed by atoms with Crippen LogP contribution in [0.25, 0.3) is 0 Å². The molecule has 178 valence electrons. The number of halogens is 3. The van der Waals surface area contributed by atoms with Gasteiger partial charge in [-0.25, -0.2) is 13.4 Å². The van der Waals surface area contributed by atoms with E-state index >= 15 is 0 Å². The van der Waals surface area contributed by atoms with Gasteiger partial charge < -0.3 is 9.47 Å². The van der Waals surface area contributed by atoms with Gasteiger partial charge in [-0.1, -0.05) is 49.2 Å². The first-order chi connectivity index (χ1) is 15.5. The number of nitrogens with zero attached hydrogens (tertiary/aromatic N) is 1. The number of sulfone groups is 1. The number of ether oxygens (including phenoxy) is 2. The highest BCUT2D eigenvalue weighted by molar-refractivity contribution is 7.89. The van der Waals surface area contributed by atoms with Crippen molar-refractivity contribution in [1.82, 2.24) is 4.98 Å². The van der Waals surface area contributed by atoms with Gasteiger partial charge in [-0.2, -0.15) is 0 Å². The number of hydrogen-bond acceptors (Lipinski definition) is 6. The van der Waals surface area contributed by atoms with Crippen LogP contribution in [0.4, 0.5) is 0 Å². The van der Waals surface area contributed by atoms with Gasteiger partial charge in [0.1, 0.15) is 19.0 Å². The van der Waals surface area contributed by atoms with E-state index in [1.165, 1.54) is 17.6 Å². The monoisotopic (exact) mass is 547 g/mol. The zero-order chi connectivity index (χ0) is 24.2. The molecule has 0 aliphatic heterocycles. The van der Waals surface area contributed by atoms with E-state index in [4.69, 9.17) is 44.3 Å². The van der Waals surface area contributed by atoms with Gasteiger partial charge in [0.2, 0.25) is 0 Å². The van der Waals surface area contributed by atoms with Crippen LogP contribution in [0.3, 0.4) is 0 Å². The lowest BCUT2D eigenvalue weighted by Crippen LogP contribution is -2.19. The second-order valence-electron chi connectivity index (χ2n) is 8.04. The molecule has 0 aliphatic rings. The van der Waals surface area contributed by atoms with Crippen molar-refractivity contribution in [3.63, 3.8) is 0 Å². The molecule has 2 aromatic carbocycles. The number of benzene rings is 2. The van der Waals surface area contributed by atoms with Gasteiger partial charge >= 0.3 is 0 Å². The van der Waals surface area contributed by atoms with Gasteiger partial charge in [-0.3, -0.25) is 0 Å². The molecule has 0 radical (unpaired) electrons. The van der Waals surface area contributed by atoms with Crippen LogP contribution in [-0.4, -0.2) is 32.1 Å². The summed E-state index contributed by atoms with van der Waals surface area (Å²) in [5.41, 5.74) is 3.78. The zero-order valence-corrected chi connectivity index (χ0v) is 22.3. The average molecular weight is 549 g/mol. The predicted molar refractivity (Wildman–Crippen MR) is 136 cm³/mol. The zero-order valence-electron chi connectivity index (χ0n) is 18.4. The number of thiazole rings is 1. The molecule has 0 saturated heterocycles. The van der Waals surface area contributed by atoms with Crippen LogP contribution in [-0.2, 0) is 27.6 Å². The van der Waals surface area contributed by atoms with Crippen molar-refractivity contribution in [1.29, 1.82) is 0 Å². The van der Waals surface area contributed by atoms with Crippen LogP contribution < -0.4 is 9.47 Å². The molecule has 33 heavy (non-hydrogen) atoms. The molecule has 0 atom stereocenters. The van der Waals surface area contributed by atoms with Gasteiger partial charge in [0.25, 0.3) is 0 Å². The molecule has 0 amide bonds. The van der Waals surface area contributed by atoms with Gasteiger partial charge in [0.15, 0.2) is 15.6 Å². The molecule has 0 unspecified atom stereocenters. The van der Waals surface area contributed by atoms with Crippen LogP contribution in [0.5, 0.6) is 11.5 Å². The summed E-state index contributed by atoms with van der Waals surface area (Å²) in [5.74, 6) is 1.36. The van der Waals surface area contributed by atoms with Crippen molar-refractivity contribution < 1.29 is 17.9 Å². The summed E-state index contributed by atoms with van der Waals surface area (Å²) >= 11 is 19.9. The third kappa shape index (κ3) is 6.76. The molecule has 1 aromatic heterocycles. The Hall–Kier alpha value is -1.51. The van der Waals surface area contributed by atoms with Crippen molar-refractivity contribution in [3.05, 3.63) is 73.7 Å². The Morgan fingerprint density at radius 1 is 1.03 bits per heavy atom. The van der Waals surface area contributed by atoms with Crippen LogP contribution in [0.15, 0.2) is 41.9 Å². The van der Waals surface area contributed by atoms with Gasteiger partial charge in [0, 0.05) is 11.7 Å². The minimum atomic E-state index is -3.16. The lowest BCUT2D eigenvalue weighted by molar-refractivity contribution is 0.308. The number of alkyl halides is 1. The van der Waals surface area contributed by atoms with E-state index in [9.17, 15) is 8.42 Å². The molecule has 1 heterocycles. The van der Waals surface area contributed by atoms with Crippen molar-refractivity contribution in [2.75, 3.05) is 18.7 Å². The normalized spacial score (nSPS) is 12.1. The Bertz CT molecular complexity index is 1190. The Morgan fingerprint density at radius 3 is 2.24 bits per heavy atom. The first-order valence-corrected chi connectivity index (χ1v) is 14.2. The molecule has 0 fully saturated rings. The van der Waals surface area contributed by atoms with E-state index in [1.807, 2.05) is 36.4 Å². The second kappa shape index (κ2) is 10.8. The molecular weight excluding hydrogens is 525 g/mol. The first-order valence-electron chi connectivity index (χ1n) is 10.0. The van der Waals surface area contributed by atoms with E-state index in [1.54, 1.807) is 5.51 Å². The van der Waals surface area contributed by atoms with Crippen LogP contribution >= 0.6 is 46.1 Å². The molecule has 10 heteroatoms. The highest BCUT2D eigenvalue weighted by Gasteiger charge is 2.26. The quantitative estimate of drug-likeness (QED) is 0.270. The van der Waals surface area contributed by atoms with Crippen molar-refractivity contribution in [3.8, 4) is 11.5 Å². The SMILES string of the molecule is CC(C)(c1ccc(OCc2scnc2CS(C)(=O)=O)cc1)c1cc(Cl)c(OCCCl)c(Cl)c1. The largest absolute Gasteiger partial charge is 0.489 e. The fraction of sp³-hybridized carbons (Fsp3) is 0.348. The first kappa shape index (κ1) is 26.1. The lowest BCUT2D eigenvalue weighted by Gasteiger charge is -2.27. The maximum absolute atomic E-state index is 11.6. The van der Waals surface area contributed by atoms with Gasteiger partial charge in [0.05, 0.1) is 37.8 Å². The Kier molecular flexibility index (Phi) is 8.56. The maximum Gasteiger partial charge on any atom is 0.156 e. The van der Waals surface area contributed by atoms with E-state index in [2.05, 4.69) is 18.8 Å². The Balaban J connectivity index is 1.74. The summed E-state index contributed by atoms with van der Waals surface area (Å²) in [6.45, 7) is 4.74. The minimum Gasteiger partial charge on any atom is -0.489 e. The highest BCUT2D eigenvalue weighted by atomic mass is 35.5. The van der Waals surface area contributed by atoms with Gasteiger partial charge in [-0.15, -0.1) is 22.9 Å². The number of rotatable bonds is 10. The van der Waals surface area contributed by atoms with E-state index < -0.39 is 9.84 Å². The Morgan fingerprint density at radius 2 is 1.67 bits per heavy atom. The van der Waals surface area contributed by atoms with E-state index in [0.717, 1.165) is 16.0 Å². The summed E-state index contributed by atoms with van der Waals surface area (Å²) in [4.78, 5) is 4.95. The molecule has 3 aromatic rings. The molecule has 5 nitrogen and oxygen atoms in total. The molecule has 0 N–H and O–H groups in total. The fourth-order valence-electron chi connectivity index (χ4n) is 3.26. The molecular formula is C23H24Cl3NO4S2. The standard InChI is InChI=1S/C23H24Cl3NO4S2/c1-23(2,16-10-18(25)22(19(26)11-16)30-9-8-24)15-4-6-17(7-5-15)31-12-21-20(27-14-32-21)13-33(3,28)29/h4-7,10-11,14H,8-9,12-13H2,1-3H3. The number of hydrogen-bond donors (Lipinski definition) is 0. The summed E-state index contributed by atoms with van der Waals surface area (Å²) in [7, 11) is -3.16.